The fraction of sp³-hybridized carbons (Fsp3) is 0.500. The lowest BCUT2D eigenvalue weighted by atomic mass is 9.95. The number of hydrogen-bond acceptors (Lipinski definition) is 3. The molecule has 1 amide bonds. The lowest BCUT2D eigenvalue weighted by Crippen LogP contribution is -2.46. The Hall–Kier alpha value is -0.970. The molecule has 1 fully saturated rings. The van der Waals surface area contributed by atoms with E-state index in [-0.39, 0.29) is 17.0 Å². The molecule has 2 unspecified atom stereocenters. The van der Waals surface area contributed by atoms with Crippen molar-refractivity contribution in [2.24, 2.45) is 5.92 Å². The van der Waals surface area contributed by atoms with E-state index in [1.54, 1.807) is 18.1 Å². The Bertz CT molecular complexity index is 522. The van der Waals surface area contributed by atoms with Crippen molar-refractivity contribution in [3.63, 3.8) is 0 Å². The minimum Gasteiger partial charge on any atom is -0.399 e. The molecule has 0 saturated carbocycles. The lowest BCUT2D eigenvalue weighted by molar-refractivity contribution is -0.00155. The van der Waals surface area contributed by atoms with Crippen LogP contribution < -0.4 is 5.73 Å². The number of carbonyl (C=O) groups excluding carboxylic acids is 1. The highest BCUT2D eigenvalue weighted by atomic mass is 35.5. The Kier molecular flexibility index (Phi) is 4.78. The molecule has 1 heterocycles. The Morgan fingerprint density at radius 3 is 2.80 bits per heavy atom. The second-order valence-electron chi connectivity index (χ2n) is 5.16. The first kappa shape index (κ1) is 15.4. The largest absolute Gasteiger partial charge is 0.399 e. The van der Waals surface area contributed by atoms with Crippen LogP contribution in [0.1, 0.15) is 23.7 Å². The molecule has 1 aromatic rings. The van der Waals surface area contributed by atoms with Gasteiger partial charge in [0.15, 0.2) is 0 Å². The maximum Gasteiger partial charge on any atom is 0.255 e. The Morgan fingerprint density at radius 1 is 1.45 bits per heavy atom. The van der Waals surface area contributed by atoms with E-state index in [1.807, 2.05) is 0 Å². The van der Waals surface area contributed by atoms with Crippen LogP contribution in [0, 0.1) is 5.92 Å². The highest BCUT2D eigenvalue weighted by molar-refractivity contribution is 6.44. The molecule has 2 atom stereocenters. The van der Waals surface area contributed by atoms with Gasteiger partial charge in [0.25, 0.3) is 5.91 Å². The zero-order valence-electron chi connectivity index (χ0n) is 11.5. The predicted octanol–water partition coefficient (Wildman–Crippen LogP) is 3.07. The number of carbonyl (C=O) groups is 1. The normalized spacial score (nSPS) is 22.9. The summed E-state index contributed by atoms with van der Waals surface area (Å²) in [7, 11) is 1.67. The molecular formula is C14H18Cl2N2O2. The zero-order chi connectivity index (χ0) is 14.9. The molecule has 0 aromatic heterocycles. The molecule has 20 heavy (non-hydrogen) atoms. The van der Waals surface area contributed by atoms with Gasteiger partial charge in [-0.15, -0.1) is 0 Å². The molecule has 1 aliphatic heterocycles. The fourth-order valence-electron chi connectivity index (χ4n) is 2.46. The number of ether oxygens (including phenoxy) is 1. The number of piperidine rings is 1. The van der Waals surface area contributed by atoms with E-state index in [4.69, 9.17) is 33.7 Å². The van der Waals surface area contributed by atoms with Gasteiger partial charge in [-0.25, -0.2) is 0 Å². The van der Waals surface area contributed by atoms with Crippen molar-refractivity contribution in [1.29, 1.82) is 0 Å². The monoisotopic (exact) mass is 316 g/mol. The molecule has 6 heteroatoms. The summed E-state index contributed by atoms with van der Waals surface area (Å²) in [6, 6.07) is 3.10. The Labute approximate surface area is 128 Å². The lowest BCUT2D eigenvalue weighted by Gasteiger charge is -2.36. The Balaban J connectivity index is 2.24. The van der Waals surface area contributed by atoms with Crippen molar-refractivity contribution in [3.8, 4) is 0 Å². The first-order chi connectivity index (χ1) is 9.43. The van der Waals surface area contributed by atoms with Crippen LogP contribution in [0.5, 0.6) is 0 Å². The van der Waals surface area contributed by atoms with Gasteiger partial charge in [0.05, 0.1) is 21.7 Å². The number of amides is 1. The summed E-state index contributed by atoms with van der Waals surface area (Å²) in [5.41, 5.74) is 6.51. The van der Waals surface area contributed by atoms with Crippen LogP contribution in [0.4, 0.5) is 5.69 Å². The van der Waals surface area contributed by atoms with Crippen molar-refractivity contribution < 1.29 is 9.53 Å². The van der Waals surface area contributed by atoms with E-state index in [2.05, 4.69) is 6.92 Å². The molecule has 110 valence electrons. The third-order valence-corrected chi connectivity index (χ3v) is 4.56. The first-order valence-corrected chi connectivity index (χ1v) is 7.26. The second kappa shape index (κ2) is 6.20. The van der Waals surface area contributed by atoms with Crippen LogP contribution in [0.3, 0.4) is 0 Å². The SMILES string of the molecule is COC1CN(C(=O)c2cc(N)cc(Cl)c2Cl)CCC1C. The number of hydrogen-bond donors (Lipinski definition) is 1. The standard InChI is InChI=1S/C14H18Cl2N2O2/c1-8-3-4-18(7-12(8)20-2)14(19)10-5-9(17)6-11(15)13(10)16/h5-6,8,12H,3-4,7,17H2,1-2H3. The molecule has 0 radical (unpaired) electrons. The summed E-state index contributed by atoms with van der Waals surface area (Å²) in [4.78, 5) is 14.3. The van der Waals surface area contributed by atoms with E-state index in [0.29, 0.717) is 35.3 Å². The van der Waals surface area contributed by atoms with Crippen LogP contribution in [0.25, 0.3) is 0 Å². The third-order valence-electron chi connectivity index (χ3n) is 3.76. The number of methoxy groups -OCH3 is 1. The van der Waals surface area contributed by atoms with Gasteiger partial charge in [-0.1, -0.05) is 30.1 Å². The summed E-state index contributed by atoms with van der Waals surface area (Å²) in [5.74, 6) is 0.280. The zero-order valence-corrected chi connectivity index (χ0v) is 13.0. The summed E-state index contributed by atoms with van der Waals surface area (Å²) in [6.07, 6.45) is 0.945. The molecular weight excluding hydrogens is 299 g/mol. The number of anilines is 1. The van der Waals surface area contributed by atoms with Gasteiger partial charge in [0.2, 0.25) is 0 Å². The number of nitrogens with zero attached hydrogens (tertiary/aromatic N) is 1. The van der Waals surface area contributed by atoms with Crippen LogP contribution >= 0.6 is 23.2 Å². The van der Waals surface area contributed by atoms with E-state index in [1.165, 1.54) is 6.07 Å². The average Bonchev–Trinajstić information content (AvgIpc) is 2.42. The topological polar surface area (TPSA) is 55.6 Å². The van der Waals surface area contributed by atoms with Crippen molar-refractivity contribution in [1.82, 2.24) is 4.90 Å². The first-order valence-electron chi connectivity index (χ1n) is 6.50. The molecule has 2 rings (SSSR count). The smallest absolute Gasteiger partial charge is 0.255 e. The van der Waals surface area contributed by atoms with E-state index in [0.717, 1.165) is 6.42 Å². The molecule has 0 aliphatic carbocycles. The molecule has 0 bridgehead atoms. The molecule has 2 N–H and O–H groups in total. The summed E-state index contributed by atoms with van der Waals surface area (Å²) < 4.78 is 5.42. The number of rotatable bonds is 2. The van der Waals surface area contributed by atoms with E-state index in [9.17, 15) is 4.79 Å². The van der Waals surface area contributed by atoms with Crippen molar-refractivity contribution in [3.05, 3.63) is 27.7 Å². The molecule has 1 aromatic carbocycles. The van der Waals surface area contributed by atoms with Gasteiger partial charge < -0.3 is 15.4 Å². The molecule has 1 aliphatic rings. The highest BCUT2D eigenvalue weighted by Gasteiger charge is 2.30. The van der Waals surface area contributed by atoms with Gasteiger partial charge in [-0.3, -0.25) is 4.79 Å². The number of benzene rings is 1. The van der Waals surface area contributed by atoms with Gasteiger partial charge in [0, 0.05) is 25.9 Å². The van der Waals surface area contributed by atoms with Crippen LogP contribution in [0.2, 0.25) is 10.0 Å². The van der Waals surface area contributed by atoms with Crippen LogP contribution in [0.15, 0.2) is 12.1 Å². The fourth-order valence-corrected chi connectivity index (χ4v) is 2.88. The number of halogens is 2. The van der Waals surface area contributed by atoms with Gasteiger partial charge >= 0.3 is 0 Å². The van der Waals surface area contributed by atoms with Crippen LogP contribution in [-0.2, 0) is 4.74 Å². The van der Waals surface area contributed by atoms with Crippen molar-refractivity contribution in [2.75, 3.05) is 25.9 Å². The number of nitrogen functional groups attached to an aromatic ring is 1. The van der Waals surface area contributed by atoms with Crippen LogP contribution in [-0.4, -0.2) is 37.1 Å². The van der Waals surface area contributed by atoms with Crippen molar-refractivity contribution >= 4 is 34.8 Å². The number of nitrogens with two attached hydrogens (primary N) is 1. The molecule has 1 saturated heterocycles. The summed E-state index contributed by atoms with van der Waals surface area (Å²) >= 11 is 12.1. The molecule has 0 spiro atoms. The maximum atomic E-state index is 12.6. The quantitative estimate of drug-likeness (QED) is 0.853. The average molecular weight is 317 g/mol. The van der Waals surface area contributed by atoms with Gasteiger partial charge in [-0.2, -0.15) is 0 Å². The van der Waals surface area contributed by atoms with E-state index >= 15 is 0 Å². The maximum absolute atomic E-state index is 12.6. The third kappa shape index (κ3) is 3.03. The van der Waals surface area contributed by atoms with Crippen molar-refractivity contribution in [2.45, 2.75) is 19.4 Å². The Morgan fingerprint density at radius 2 is 2.15 bits per heavy atom. The second-order valence-corrected chi connectivity index (χ2v) is 5.94. The summed E-state index contributed by atoms with van der Waals surface area (Å²) in [5, 5.41) is 0.544. The minimum absolute atomic E-state index is 0.0445. The van der Waals surface area contributed by atoms with Gasteiger partial charge in [-0.05, 0) is 24.5 Å². The summed E-state index contributed by atoms with van der Waals surface area (Å²) in [6.45, 7) is 3.36. The highest BCUT2D eigenvalue weighted by Crippen LogP contribution is 2.30. The van der Waals surface area contributed by atoms with E-state index < -0.39 is 0 Å². The number of likely N-dealkylation sites (tertiary alicyclic amines) is 1. The predicted molar refractivity (Wildman–Crippen MR) is 81.4 cm³/mol. The molecule has 4 nitrogen and oxygen atoms in total. The minimum atomic E-state index is -0.154. The van der Waals surface area contributed by atoms with Gasteiger partial charge in [0.1, 0.15) is 0 Å².